The Morgan fingerprint density at radius 2 is 1.79 bits per heavy atom. The molecule has 1 N–H and O–H groups in total. The van der Waals surface area contributed by atoms with Crippen LogP contribution in [0.2, 0.25) is 0 Å². The quantitative estimate of drug-likeness (QED) is 0.698. The fraction of sp³-hybridized carbons (Fsp3) is 0.364. The van der Waals surface area contributed by atoms with Crippen molar-refractivity contribution in [3.05, 3.63) is 65.2 Å². The highest BCUT2D eigenvalue weighted by Gasteiger charge is 2.25. The molecule has 0 aliphatic carbocycles. The number of carbonyl (C=O) groups is 1. The maximum atomic E-state index is 12.5. The van der Waals surface area contributed by atoms with Crippen molar-refractivity contribution in [2.75, 3.05) is 26.2 Å². The van der Waals surface area contributed by atoms with Crippen LogP contribution in [0.4, 0.5) is 0 Å². The van der Waals surface area contributed by atoms with Crippen LogP contribution in [0, 0.1) is 0 Å². The van der Waals surface area contributed by atoms with Crippen LogP contribution in [0.1, 0.15) is 17.5 Å². The van der Waals surface area contributed by atoms with Gasteiger partial charge in [0.25, 0.3) is 0 Å². The summed E-state index contributed by atoms with van der Waals surface area (Å²) in [7, 11) is 0. The molecule has 0 saturated carbocycles. The Morgan fingerprint density at radius 3 is 2.54 bits per heavy atom. The highest BCUT2D eigenvalue weighted by Crippen LogP contribution is 2.23. The zero-order valence-electron chi connectivity index (χ0n) is 16.2. The van der Waals surface area contributed by atoms with Crippen LogP contribution in [0.5, 0.6) is 0 Å². The average molecular weight is 395 g/mol. The molecular weight excluding hydrogens is 368 g/mol. The summed E-state index contributed by atoms with van der Waals surface area (Å²) < 4.78 is 1.25. The van der Waals surface area contributed by atoms with Gasteiger partial charge in [-0.15, -0.1) is 11.3 Å². The van der Waals surface area contributed by atoms with Gasteiger partial charge in [-0.1, -0.05) is 42.5 Å². The third-order valence-corrected chi connectivity index (χ3v) is 6.36. The smallest absolute Gasteiger partial charge is 0.237 e. The number of fused-ring (bicyclic) bond motifs is 1. The summed E-state index contributed by atoms with van der Waals surface area (Å²) in [6.07, 6.45) is 0. The van der Waals surface area contributed by atoms with E-state index in [2.05, 4.69) is 33.3 Å². The van der Waals surface area contributed by atoms with Gasteiger partial charge in [0, 0.05) is 32.7 Å². The molecule has 3 aromatic rings. The number of aromatic nitrogens is 1. The summed E-state index contributed by atoms with van der Waals surface area (Å²) in [5.74, 6) is 0.100. The number of hydrogen-bond donors (Lipinski definition) is 1. The monoisotopic (exact) mass is 394 g/mol. The van der Waals surface area contributed by atoms with Crippen molar-refractivity contribution in [3.8, 4) is 0 Å². The van der Waals surface area contributed by atoms with Crippen molar-refractivity contribution < 1.29 is 4.79 Å². The summed E-state index contributed by atoms with van der Waals surface area (Å²) in [6.45, 7) is 7.22. The Balaban J connectivity index is 1.25. The largest absolute Gasteiger partial charge is 0.351 e. The number of benzene rings is 2. The number of para-hydroxylation sites is 1. The zero-order valence-corrected chi connectivity index (χ0v) is 17.0. The molecule has 0 unspecified atom stereocenters. The maximum Gasteiger partial charge on any atom is 0.237 e. The Hall–Kier alpha value is -2.28. The summed E-state index contributed by atoms with van der Waals surface area (Å²) in [4.78, 5) is 22.0. The van der Waals surface area contributed by atoms with Crippen LogP contribution in [-0.4, -0.2) is 52.9 Å². The highest BCUT2D eigenvalue weighted by molar-refractivity contribution is 7.18. The minimum atomic E-state index is -0.103. The van der Waals surface area contributed by atoms with Crippen molar-refractivity contribution in [1.29, 1.82) is 0 Å². The number of rotatable bonds is 6. The van der Waals surface area contributed by atoms with Crippen LogP contribution in [0.25, 0.3) is 10.2 Å². The number of carbonyl (C=O) groups excluding carboxylic acids is 1. The molecule has 0 bridgehead atoms. The number of piperazine rings is 1. The van der Waals surface area contributed by atoms with Crippen LogP contribution < -0.4 is 5.32 Å². The van der Waals surface area contributed by atoms with Gasteiger partial charge >= 0.3 is 0 Å². The normalized spacial score (nSPS) is 16.9. The molecule has 2 aromatic carbocycles. The first-order valence-corrected chi connectivity index (χ1v) is 10.6. The van der Waals surface area contributed by atoms with E-state index < -0.39 is 0 Å². The van der Waals surface area contributed by atoms with E-state index in [0.717, 1.165) is 43.8 Å². The first-order valence-electron chi connectivity index (χ1n) is 9.81. The molecule has 1 atom stereocenters. The molecule has 146 valence electrons. The lowest BCUT2D eigenvalue weighted by Crippen LogP contribution is -2.53. The van der Waals surface area contributed by atoms with Crippen LogP contribution in [-0.2, 0) is 17.9 Å². The topological polar surface area (TPSA) is 48.5 Å². The van der Waals surface area contributed by atoms with Gasteiger partial charge in [0.15, 0.2) is 0 Å². The molecule has 6 heteroatoms. The van der Waals surface area contributed by atoms with Crippen molar-refractivity contribution in [2.45, 2.75) is 26.1 Å². The highest BCUT2D eigenvalue weighted by atomic mass is 32.1. The minimum absolute atomic E-state index is 0.100. The summed E-state index contributed by atoms with van der Waals surface area (Å²) in [5.41, 5.74) is 2.22. The van der Waals surface area contributed by atoms with E-state index >= 15 is 0 Å². The van der Waals surface area contributed by atoms with Gasteiger partial charge < -0.3 is 5.32 Å². The van der Waals surface area contributed by atoms with E-state index in [-0.39, 0.29) is 11.9 Å². The second-order valence-corrected chi connectivity index (χ2v) is 8.38. The van der Waals surface area contributed by atoms with Crippen LogP contribution in [0.3, 0.4) is 0 Å². The standard InChI is InChI=1S/C22H26N4OS/c1-17(22(27)23-15-18-7-3-2-4-8-18)26-13-11-25(12-14-26)16-21-24-19-9-5-6-10-20(19)28-21/h2-10,17H,11-16H2,1H3,(H,23,27)/t17-/m1/s1. The lowest BCUT2D eigenvalue weighted by molar-refractivity contribution is -0.126. The first-order chi connectivity index (χ1) is 13.7. The van der Waals surface area contributed by atoms with Gasteiger partial charge in [-0.3, -0.25) is 14.6 Å². The molecule has 1 amide bonds. The van der Waals surface area contributed by atoms with E-state index in [1.807, 2.05) is 43.3 Å². The molecule has 1 aromatic heterocycles. The van der Waals surface area contributed by atoms with E-state index in [9.17, 15) is 4.79 Å². The van der Waals surface area contributed by atoms with E-state index in [1.165, 1.54) is 9.71 Å². The Labute approximate surface area is 170 Å². The zero-order chi connectivity index (χ0) is 19.3. The summed E-state index contributed by atoms with van der Waals surface area (Å²) >= 11 is 1.78. The number of nitrogens with zero attached hydrogens (tertiary/aromatic N) is 3. The molecular formula is C22H26N4OS. The number of hydrogen-bond acceptors (Lipinski definition) is 5. The van der Waals surface area contributed by atoms with Gasteiger partial charge in [0.05, 0.1) is 22.8 Å². The Morgan fingerprint density at radius 1 is 1.07 bits per heavy atom. The number of nitrogens with one attached hydrogen (secondary N) is 1. The number of thiazole rings is 1. The number of amides is 1. The maximum absolute atomic E-state index is 12.5. The van der Waals surface area contributed by atoms with Crippen molar-refractivity contribution >= 4 is 27.5 Å². The lowest BCUT2D eigenvalue weighted by Gasteiger charge is -2.37. The van der Waals surface area contributed by atoms with Crippen molar-refractivity contribution in [1.82, 2.24) is 20.1 Å². The molecule has 0 spiro atoms. The third kappa shape index (κ3) is 4.58. The van der Waals surface area contributed by atoms with Crippen molar-refractivity contribution in [2.24, 2.45) is 0 Å². The van der Waals surface area contributed by atoms with Gasteiger partial charge in [-0.2, -0.15) is 0 Å². The third-order valence-electron chi connectivity index (χ3n) is 5.34. The van der Waals surface area contributed by atoms with E-state index in [0.29, 0.717) is 6.54 Å². The summed E-state index contributed by atoms with van der Waals surface area (Å²) in [6, 6.07) is 18.2. The molecule has 28 heavy (non-hydrogen) atoms. The average Bonchev–Trinajstić information content (AvgIpc) is 3.15. The Kier molecular flexibility index (Phi) is 6.00. The van der Waals surface area contributed by atoms with Crippen LogP contribution in [0.15, 0.2) is 54.6 Å². The second-order valence-electron chi connectivity index (χ2n) is 7.27. The van der Waals surface area contributed by atoms with E-state index in [1.54, 1.807) is 11.3 Å². The molecule has 4 rings (SSSR count). The SMILES string of the molecule is C[C@H](C(=O)NCc1ccccc1)N1CCN(Cc2nc3ccccc3s2)CC1. The molecule has 1 aliphatic rings. The second kappa shape index (κ2) is 8.82. The molecule has 1 fully saturated rings. The van der Waals surface area contributed by atoms with Crippen LogP contribution >= 0.6 is 11.3 Å². The fourth-order valence-electron chi connectivity index (χ4n) is 3.59. The van der Waals surface area contributed by atoms with Gasteiger partial charge in [-0.05, 0) is 24.6 Å². The van der Waals surface area contributed by atoms with Gasteiger partial charge in [-0.25, -0.2) is 4.98 Å². The predicted octanol–water partition coefficient (Wildman–Crippen LogP) is 3.12. The molecule has 0 radical (unpaired) electrons. The van der Waals surface area contributed by atoms with E-state index in [4.69, 9.17) is 4.98 Å². The Bertz CT molecular complexity index is 885. The molecule has 1 saturated heterocycles. The summed E-state index contributed by atoms with van der Waals surface area (Å²) in [5, 5.41) is 4.23. The molecule has 5 nitrogen and oxygen atoms in total. The fourth-order valence-corrected chi connectivity index (χ4v) is 4.60. The lowest BCUT2D eigenvalue weighted by atomic mass is 10.2. The predicted molar refractivity (Wildman–Crippen MR) is 114 cm³/mol. The van der Waals surface area contributed by atoms with Gasteiger partial charge in [0.1, 0.15) is 5.01 Å². The molecule has 1 aliphatic heterocycles. The first kappa shape index (κ1) is 19.1. The van der Waals surface area contributed by atoms with Crippen molar-refractivity contribution in [3.63, 3.8) is 0 Å². The minimum Gasteiger partial charge on any atom is -0.351 e. The molecule has 2 heterocycles. The van der Waals surface area contributed by atoms with Gasteiger partial charge in [0.2, 0.25) is 5.91 Å².